The number of anilines is 1. The lowest BCUT2D eigenvalue weighted by atomic mass is 10.1. The van der Waals surface area contributed by atoms with Crippen LogP contribution in [0.15, 0.2) is 103 Å². The van der Waals surface area contributed by atoms with E-state index in [0.717, 1.165) is 33.7 Å². The summed E-state index contributed by atoms with van der Waals surface area (Å²) >= 11 is 18.6. The standard InChI is InChI=1S/C33H28Cl3N3O2.ClH/c1-3-41-33(40)22(2)31(37-28-18-16-27(36)17-19-28)32-38(20-23-8-12-25(34)13-9-23)29-6-4-5-7-30(29)39(32)21-24-10-14-26(35)15-11-24;/h4-19H,3,20-21H2,1-2H3;1H. The van der Waals surface area contributed by atoms with Crippen molar-refractivity contribution < 1.29 is 26.5 Å². The van der Waals surface area contributed by atoms with Crippen molar-refractivity contribution in [2.45, 2.75) is 26.9 Å². The fraction of sp³-hybridized carbons (Fsp3) is 0.152. The molecule has 0 bridgehead atoms. The topological polar surface area (TPSA) is 47.1 Å². The van der Waals surface area contributed by atoms with E-state index in [1.54, 1.807) is 13.8 Å². The summed E-state index contributed by atoms with van der Waals surface area (Å²) in [5.74, 6) is 0.418. The molecule has 0 aliphatic carbocycles. The fourth-order valence-electron chi connectivity index (χ4n) is 4.77. The molecule has 1 N–H and O–H groups in total. The molecule has 5 aromatic rings. The van der Waals surface area contributed by atoms with Gasteiger partial charge < -0.3 is 22.5 Å². The summed E-state index contributed by atoms with van der Waals surface area (Å²) in [4.78, 5) is 13.2. The Labute approximate surface area is 266 Å². The molecule has 4 aromatic carbocycles. The Kier molecular flexibility index (Phi) is 10.6. The molecule has 0 saturated heterocycles. The number of nitrogens with zero attached hydrogens (tertiary/aromatic N) is 2. The molecule has 42 heavy (non-hydrogen) atoms. The summed E-state index contributed by atoms with van der Waals surface area (Å²) in [6.45, 7) is 4.94. The molecule has 0 fully saturated rings. The van der Waals surface area contributed by atoms with E-state index < -0.39 is 5.97 Å². The number of carbonyl (C=O) groups excluding carboxylic acids is 1. The van der Waals surface area contributed by atoms with Crippen LogP contribution in [0, 0.1) is 0 Å². The minimum absolute atomic E-state index is 0. The molecule has 1 aromatic heterocycles. The third-order valence-electron chi connectivity index (χ3n) is 6.78. The van der Waals surface area contributed by atoms with Gasteiger partial charge in [0.05, 0.1) is 12.2 Å². The number of carbonyl (C=O) groups is 1. The highest BCUT2D eigenvalue weighted by molar-refractivity contribution is 6.31. The van der Waals surface area contributed by atoms with E-state index in [1.807, 2.05) is 84.9 Å². The number of esters is 1. The van der Waals surface area contributed by atoms with Crippen LogP contribution in [0.4, 0.5) is 5.69 Å². The Hall–Kier alpha value is -3.48. The van der Waals surface area contributed by atoms with Gasteiger partial charge >= 0.3 is 11.8 Å². The van der Waals surface area contributed by atoms with Crippen molar-refractivity contribution in [1.82, 2.24) is 4.57 Å². The second kappa shape index (κ2) is 14.1. The number of para-hydroxylation sites is 2. The molecule has 0 saturated carbocycles. The highest BCUT2D eigenvalue weighted by Crippen LogP contribution is 2.28. The summed E-state index contributed by atoms with van der Waals surface area (Å²) in [5.41, 5.74) is 6.02. The van der Waals surface area contributed by atoms with E-state index in [0.29, 0.717) is 39.4 Å². The van der Waals surface area contributed by atoms with E-state index in [1.165, 1.54) is 0 Å². The van der Waals surface area contributed by atoms with Crippen molar-refractivity contribution in [3.05, 3.63) is 135 Å². The van der Waals surface area contributed by atoms with Crippen molar-refractivity contribution in [3.8, 4) is 0 Å². The summed E-state index contributed by atoms with van der Waals surface area (Å²) in [7, 11) is 0. The number of nitrogens with one attached hydrogen (secondary N) is 1. The first-order chi connectivity index (χ1) is 19.8. The van der Waals surface area contributed by atoms with E-state index in [4.69, 9.17) is 39.5 Å². The van der Waals surface area contributed by atoms with Gasteiger partial charge in [-0.2, -0.15) is 0 Å². The van der Waals surface area contributed by atoms with Gasteiger partial charge in [0.25, 0.3) is 0 Å². The zero-order valence-electron chi connectivity index (χ0n) is 23.1. The Balaban J connectivity index is 0.00000405. The van der Waals surface area contributed by atoms with Gasteiger partial charge in [0.15, 0.2) is 11.0 Å². The second-order valence-electron chi connectivity index (χ2n) is 9.59. The molecule has 0 aliphatic rings. The molecule has 216 valence electrons. The normalized spacial score (nSPS) is 11.5. The molecule has 0 radical (unpaired) electrons. The van der Waals surface area contributed by atoms with Crippen molar-refractivity contribution in [3.63, 3.8) is 0 Å². The van der Waals surface area contributed by atoms with Gasteiger partial charge in [0, 0.05) is 20.8 Å². The van der Waals surface area contributed by atoms with Crippen LogP contribution in [0.25, 0.3) is 16.7 Å². The SMILES string of the molecule is CCOC(=O)/C(C)=C(/Nc1ccc(Cl)cc1)c1n(Cc2ccc(Cl)cc2)c2ccccc2[n+]1Cc1ccc(Cl)cc1.[Cl-]. The molecule has 0 amide bonds. The highest BCUT2D eigenvalue weighted by atomic mass is 35.5. The van der Waals surface area contributed by atoms with Gasteiger partial charge in [-0.15, -0.1) is 0 Å². The van der Waals surface area contributed by atoms with E-state index in [2.05, 4.69) is 26.6 Å². The van der Waals surface area contributed by atoms with Gasteiger partial charge in [-0.3, -0.25) is 0 Å². The summed E-state index contributed by atoms with van der Waals surface area (Å²) < 4.78 is 9.91. The molecule has 5 nitrogen and oxygen atoms in total. The Morgan fingerprint density at radius 1 is 0.810 bits per heavy atom. The Bertz CT molecular complexity index is 1630. The van der Waals surface area contributed by atoms with Crippen LogP contribution in [0.3, 0.4) is 0 Å². The minimum atomic E-state index is -0.398. The number of hydrogen-bond donors (Lipinski definition) is 1. The highest BCUT2D eigenvalue weighted by Gasteiger charge is 2.31. The largest absolute Gasteiger partial charge is 1.00 e. The average Bonchev–Trinajstić information content (AvgIpc) is 3.27. The maximum atomic E-state index is 13.2. The van der Waals surface area contributed by atoms with E-state index in [-0.39, 0.29) is 19.0 Å². The summed E-state index contributed by atoms with van der Waals surface area (Å²) in [5, 5.41) is 5.50. The zero-order chi connectivity index (χ0) is 28.9. The van der Waals surface area contributed by atoms with Gasteiger partial charge in [0.1, 0.15) is 18.8 Å². The summed E-state index contributed by atoms with van der Waals surface area (Å²) in [6, 6.07) is 31.2. The quantitative estimate of drug-likeness (QED) is 0.133. The van der Waals surface area contributed by atoms with Crippen LogP contribution < -0.4 is 22.3 Å². The van der Waals surface area contributed by atoms with Crippen LogP contribution in [0.5, 0.6) is 0 Å². The lowest BCUT2D eigenvalue weighted by molar-refractivity contribution is -0.665. The first kappa shape index (κ1) is 31.5. The summed E-state index contributed by atoms with van der Waals surface area (Å²) in [6.07, 6.45) is 0. The molecule has 1 heterocycles. The van der Waals surface area contributed by atoms with Crippen LogP contribution in [0.1, 0.15) is 30.8 Å². The molecule has 5 rings (SSSR count). The number of halogens is 4. The van der Waals surface area contributed by atoms with Gasteiger partial charge in [-0.05, 0) is 85.6 Å². The molecular formula is C33H29Cl4N3O2. The number of fused-ring (bicyclic) bond motifs is 1. The molecule has 0 unspecified atom stereocenters. The van der Waals surface area contributed by atoms with Crippen LogP contribution in [-0.2, 0) is 22.6 Å². The molecule has 0 atom stereocenters. The second-order valence-corrected chi connectivity index (χ2v) is 10.9. The molecule has 9 heteroatoms. The van der Waals surface area contributed by atoms with Crippen molar-refractivity contribution in [2.24, 2.45) is 0 Å². The number of ether oxygens (including phenoxy) is 1. The lowest BCUT2D eigenvalue weighted by Crippen LogP contribution is -3.00. The van der Waals surface area contributed by atoms with Gasteiger partial charge in [-0.25, -0.2) is 13.9 Å². The van der Waals surface area contributed by atoms with Crippen molar-refractivity contribution in [2.75, 3.05) is 11.9 Å². The predicted molar refractivity (Wildman–Crippen MR) is 168 cm³/mol. The third-order valence-corrected chi connectivity index (χ3v) is 7.53. The first-order valence-corrected chi connectivity index (χ1v) is 14.4. The molecule has 0 spiro atoms. The van der Waals surface area contributed by atoms with Crippen LogP contribution >= 0.6 is 34.8 Å². The number of imidazole rings is 1. The Morgan fingerprint density at radius 3 is 1.95 bits per heavy atom. The molecular weight excluding hydrogens is 612 g/mol. The minimum Gasteiger partial charge on any atom is -1.00 e. The van der Waals surface area contributed by atoms with Crippen molar-refractivity contribution in [1.29, 1.82) is 0 Å². The lowest BCUT2D eigenvalue weighted by Gasteiger charge is -2.15. The maximum Gasteiger partial charge on any atom is 0.336 e. The first-order valence-electron chi connectivity index (χ1n) is 13.2. The van der Waals surface area contributed by atoms with E-state index >= 15 is 0 Å². The van der Waals surface area contributed by atoms with Gasteiger partial charge in [0.2, 0.25) is 0 Å². The van der Waals surface area contributed by atoms with Gasteiger partial charge in [-0.1, -0.05) is 71.2 Å². The fourth-order valence-corrected chi connectivity index (χ4v) is 5.14. The third kappa shape index (κ3) is 7.11. The number of hydrogen-bond acceptors (Lipinski definition) is 3. The molecule has 0 aliphatic heterocycles. The van der Waals surface area contributed by atoms with Crippen LogP contribution in [-0.4, -0.2) is 17.1 Å². The maximum absolute atomic E-state index is 13.2. The Morgan fingerprint density at radius 2 is 1.36 bits per heavy atom. The predicted octanol–water partition coefficient (Wildman–Crippen LogP) is 5.40. The van der Waals surface area contributed by atoms with E-state index in [9.17, 15) is 4.79 Å². The monoisotopic (exact) mass is 639 g/mol. The number of benzene rings is 4. The zero-order valence-corrected chi connectivity index (χ0v) is 26.1. The number of aromatic nitrogens is 2. The van der Waals surface area contributed by atoms with Crippen molar-refractivity contribution >= 4 is 63.2 Å². The number of rotatable bonds is 9. The smallest absolute Gasteiger partial charge is 0.336 e. The average molecular weight is 641 g/mol. The van der Waals surface area contributed by atoms with Crippen LogP contribution in [0.2, 0.25) is 15.1 Å².